The second kappa shape index (κ2) is 6.50. The molecule has 3 rings (SSSR count). The summed E-state index contributed by atoms with van der Waals surface area (Å²) in [6.45, 7) is 7.88. The van der Waals surface area contributed by atoms with Gasteiger partial charge in [-0.2, -0.15) is 0 Å². The van der Waals surface area contributed by atoms with Gasteiger partial charge in [-0.3, -0.25) is 4.90 Å². The van der Waals surface area contributed by atoms with E-state index in [9.17, 15) is 4.79 Å². The van der Waals surface area contributed by atoms with Gasteiger partial charge in [-0.25, -0.2) is 4.79 Å². The summed E-state index contributed by atoms with van der Waals surface area (Å²) in [5.41, 5.74) is 1.19. The topological polar surface area (TPSA) is 45.9 Å². The molecular weight excluding hydrogens is 280 g/mol. The van der Waals surface area contributed by atoms with E-state index in [0.29, 0.717) is 12.2 Å². The highest BCUT2D eigenvalue weighted by molar-refractivity contribution is 5.81. The first kappa shape index (κ1) is 15.1. The van der Waals surface area contributed by atoms with Crippen molar-refractivity contribution in [2.24, 2.45) is 0 Å². The number of nitrogens with zero attached hydrogens (tertiary/aromatic N) is 2. The Morgan fingerprint density at radius 2 is 1.95 bits per heavy atom. The average Bonchev–Trinajstić information content (AvgIpc) is 2.49. The highest BCUT2D eigenvalue weighted by atomic mass is 16.5. The number of ether oxygens (including phenoxy) is 1. The van der Waals surface area contributed by atoms with Crippen molar-refractivity contribution < 1.29 is 9.15 Å². The first-order chi connectivity index (χ1) is 10.6. The van der Waals surface area contributed by atoms with Crippen LogP contribution in [0.2, 0.25) is 0 Å². The average molecular weight is 302 g/mol. The smallest absolute Gasteiger partial charge is 0.336 e. The van der Waals surface area contributed by atoms with E-state index in [-0.39, 0.29) is 5.63 Å². The number of benzene rings is 1. The molecule has 0 radical (unpaired) electrons. The van der Waals surface area contributed by atoms with Crippen LogP contribution in [0, 0.1) is 6.92 Å². The Kier molecular flexibility index (Phi) is 4.45. The summed E-state index contributed by atoms with van der Waals surface area (Å²) in [7, 11) is 2.15. The van der Waals surface area contributed by atoms with Crippen LogP contribution < -0.4 is 10.4 Å². The van der Waals surface area contributed by atoms with Crippen LogP contribution in [0.15, 0.2) is 33.5 Å². The van der Waals surface area contributed by atoms with Crippen LogP contribution in [0.3, 0.4) is 0 Å². The fourth-order valence-corrected chi connectivity index (χ4v) is 2.76. The molecule has 0 amide bonds. The number of aryl methyl sites for hydroxylation is 1. The molecule has 0 aliphatic carbocycles. The van der Waals surface area contributed by atoms with Crippen molar-refractivity contribution in [3.05, 3.63) is 40.2 Å². The molecular formula is C17H22N2O3. The van der Waals surface area contributed by atoms with Crippen LogP contribution in [-0.4, -0.2) is 56.2 Å². The van der Waals surface area contributed by atoms with Gasteiger partial charge < -0.3 is 14.1 Å². The SMILES string of the molecule is Cc1cc(=O)oc2cc(OCCN3CCN(C)CC3)ccc12. The number of hydrogen-bond acceptors (Lipinski definition) is 5. The lowest BCUT2D eigenvalue weighted by molar-refractivity contribution is 0.134. The normalized spacial score (nSPS) is 17.0. The molecule has 22 heavy (non-hydrogen) atoms. The van der Waals surface area contributed by atoms with Crippen LogP contribution in [0.4, 0.5) is 0 Å². The van der Waals surface area contributed by atoms with E-state index >= 15 is 0 Å². The number of likely N-dealkylation sites (N-methyl/N-ethyl adjacent to an activating group) is 1. The highest BCUT2D eigenvalue weighted by Crippen LogP contribution is 2.22. The maximum atomic E-state index is 11.4. The molecule has 2 aromatic rings. The molecule has 0 unspecified atom stereocenters. The maximum absolute atomic E-state index is 11.4. The van der Waals surface area contributed by atoms with E-state index in [0.717, 1.165) is 49.4 Å². The number of piperazine rings is 1. The first-order valence-corrected chi connectivity index (χ1v) is 7.70. The lowest BCUT2D eigenvalue weighted by Gasteiger charge is -2.32. The molecule has 0 atom stereocenters. The largest absolute Gasteiger partial charge is 0.492 e. The Hall–Kier alpha value is -1.85. The van der Waals surface area contributed by atoms with Gasteiger partial charge in [0, 0.05) is 50.2 Å². The van der Waals surface area contributed by atoms with Crippen LogP contribution >= 0.6 is 0 Å². The third-order valence-electron chi connectivity index (χ3n) is 4.19. The summed E-state index contributed by atoms with van der Waals surface area (Å²) >= 11 is 0. The molecule has 118 valence electrons. The molecule has 1 aromatic carbocycles. The third-order valence-corrected chi connectivity index (χ3v) is 4.19. The van der Waals surface area contributed by atoms with Gasteiger partial charge in [-0.1, -0.05) is 0 Å². The Labute approximate surface area is 130 Å². The van der Waals surface area contributed by atoms with Crippen molar-refractivity contribution in [1.82, 2.24) is 9.80 Å². The predicted molar refractivity (Wildman–Crippen MR) is 86.7 cm³/mol. The monoisotopic (exact) mass is 302 g/mol. The van der Waals surface area contributed by atoms with E-state index in [1.54, 1.807) is 6.07 Å². The molecule has 5 nitrogen and oxygen atoms in total. The summed E-state index contributed by atoms with van der Waals surface area (Å²) in [6.07, 6.45) is 0. The highest BCUT2D eigenvalue weighted by Gasteiger charge is 2.13. The maximum Gasteiger partial charge on any atom is 0.336 e. The van der Waals surface area contributed by atoms with E-state index in [2.05, 4.69) is 16.8 Å². The summed E-state index contributed by atoms with van der Waals surface area (Å²) in [6, 6.07) is 7.18. The Balaban J connectivity index is 1.61. The zero-order chi connectivity index (χ0) is 15.5. The molecule has 1 fully saturated rings. The van der Waals surface area contributed by atoms with Crippen molar-refractivity contribution in [3.63, 3.8) is 0 Å². The molecule has 0 bridgehead atoms. The van der Waals surface area contributed by atoms with E-state index in [1.165, 1.54) is 6.07 Å². The van der Waals surface area contributed by atoms with Crippen LogP contribution in [0.5, 0.6) is 5.75 Å². The summed E-state index contributed by atoms with van der Waals surface area (Å²) in [5, 5.41) is 0.950. The van der Waals surface area contributed by atoms with Gasteiger partial charge in [0.2, 0.25) is 0 Å². The first-order valence-electron chi connectivity index (χ1n) is 7.70. The van der Waals surface area contributed by atoms with Crippen LogP contribution in [0.25, 0.3) is 11.0 Å². The fraction of sp³-hybridized carbons (Fsp3) is 0.471. The van der Waals surface area contributed by atoms with E-state index in [1.807, 2.05) is 19.1 Å². The zero-order valence-electron chi connectivity index (χ0n) is 13.2. The molecule has 0 N–H and O–H groups in total. The van der Waals surface area contributed by atoms with Crippen molar-refractivity contribution in [3.8, 4) is 5.75 Å². The lowest BCUT2D eigenvalue weighted by Crippen LogP contribution is -2.45. The van der Waals surface area contributed by atoms with Crippen LogP contribution in [0.1, 0.15) is 5.56 Å². The van der Waals surface area contributed by atoms with Gasteiger partial charge in [0.1, 0.15) is 17.9 Å². The predicted octanol–water partition coefficient (Wildman–Crippen LogP) is 1.73. The van der Waals surface area contributed by atoms with Crippen molar-refractivity contribution in [2.75, 3.05) is 46.4 Å². The minimum atomic E-state index is -0.320. The number of hydrogen-bond donors (Lipinski definition) is 0. The van der Waals surface area contributed by atoms with E-state index in [4.69, 9.17) is 9.15 Å². The van der Waals surface area contributed by atoms with Crippen molar-refractivity contribution in [2.45, 2.75) is 6.92 Å². The molecule has 1 aliphatic heterocycles. The van der Waals surface area contributed by atoms with Gasteiger partial charge in [0.25, 0.3) is 0 Å². The molecule has 2 heterocycles. The van der Waals surface area contributed by atoms with Crippen molar-refractivity contribution >= 4 is 11.0 Å². The van der Waals surface area contributed by atoms with Gasteiger partial charge in [0.05, 0.1) is 0 Å². The van der Waals surface area contributed by atoms with Crippen LogP contribution in [-0.2, 0) is 0 Å². The summed E-state index contributed by atoms with van der Waals surface area (Å²) in [5.74, 6) is 0.746. The fourth-order valence-electron chi connectivity index (χ4n) is 2.76. The number of fused-ring (bicyclic) bond motifs is 1. The Morgan fingerprint density at radius 3 is 2.73 bits per heavy atom. The van der Waals surface area contributed by atoms with Gasteiger partial charge in [-0.05, 0) is 31.7 Å². The Morgan fingerprint density at radius 1 is 1.18 bits per heavy atom. The molecule has 0 spiro atoms. The molecule has 1 aliphatic rings. The van der Waals surface area contributed by atoms with Crippen molar-refractivity contribution in [1.29, 1.82) is 0 Å². The molecule has 5 heteroatoms. The summed E-state index contributed by atoms with van der Waals surface area (Å²) < 4.78 is 11.0. The lowest BCUT2D eigenvalue weighted by atomic mass is 10.1. The molecule has 0 saturated carbocycles. The van der Waals surface area contributed by atoms with E-state index < -0.39 is 0 Å². The second-order valence-electron chi connectivity index (χ2n) is 5.90. The van der Waals surface area contributed by atoms with Gasteiger partial charge in [-0.15, -0.1) is 0 Å². The van der Waals surface area contributed by atoms with Gasteiger partial charge in [0.15, 0.2) is 0 Å². The second-order valence-corrected chi connectivity index (χ2v) is 5.90. The Bertz CT molecular complexity index is 703. The quantitative estimate of drug-likeness (QED) is 0.805. The summed E-state index contributed by atoms with van der Waals surface area (Å²) in [4.78, 5) is 16.2. The number of rotatable bonds is 4. The minimum Gasteiger partial charge on any atom is -0.492 e. The molecule has 1 aromatic heterocycles. The minimum absolute atomic E-state index is 0.320. The standard InChI is InChI=1S/C17H22N2O3/c1-13-11-17(20)22-16-12-14(3-4-15(13)16)21-10-9-19-7-5-18(2)6-8-19/h3-4,11-12H,5-10H2,1-2H3. The van der Waals surface area contributed by atoms with Gasteiger partial charge >= 0.3 is 5.63 Å². The third kappa shape index (κ3) is 3.48. The molecule has 1 saturated heterocycles. The zero-order valence-corrected chi connectivity index (χ0v) is 13.2.